The summed E-state index contributed by atoms with van der Waals surface area (Å²) in [6.07, 6.45) is 10.6. The fourth-order valence-corrected chi connectivity index (χ4v) is 7.34. The van der Waals surface area contributed by atoms with Crippen LogP contribution in [-0.2, 0) is 10.1 Å². The summed E-state index contributed by atoms with van der Waals surface area (Å²) in [5.41, 5.74) is 4.72. The molecule has 0 unspecified atom stereocenters. The summed E-state index contributed by atoms with van der Waals surface area (Å²) in [6, 6.07) is 7.64. The highest BCUT2D eigenvalue weighted by Gasteiger charge is 2.60. The van der Waals surface area contributed by atoms with Crippen LogP contribution in [0.3, 0.4) is 0 Å². The van der Waals surface area contributed by atoms with Gasteiger partial charge in [-0.25, -0.2) is 4.31 Å². The highest BCUT2D eigenvalue weighted by atomic mass is 79.9. The minimum Gasteiger partial charge on any atom is -0.312 e. The number of allylic oxidation sites excluding steroid dienone is 1. The summed E-state index contributed by atoms with van der Waals surface area (Å²) < 4.78 is 2.49. The second kappa shape index (κ2) is 12.6. The van der Waals surface area contributed by atoms with Crippen molar-refractivity contribution in [3.05, 3.63) is 40.6 Å². The molecule has 2 heterocycles. The number of alkyl halides is 1. The molecule has 0 radical (unpaired) electrons. The first kappa shape index (κ1) is 27.9. The molecule has 198 valence electrons. The lowest BCUT2D eigenvalue weighted by molar-refractivity contribution is -0.133. The topological polar surface area (TPSA) is 47.9 Å². The number of aliphatic imine (C=N–C) groups is 1. The van der Waals surface area contributed by atoms with Crippen LogP contribution >= 0.6 is 27.9 Å². The summed E-state index contributed by atoms with van der Waals surface area (Å²) >= 11 is 5.47. The Labute approximate surface area is 230 Å². The fourth-order valence-electron chi connectivity index (χ4n) is 5.88. The smallest absolute Gasteiger partial charge is 0.237 e. The fraction of sp³-hybridized carbons (Fsp3) is 0.655. The van der Waals surface area contributed by atoms with Crippen LogP contribution in [0.25, 0.3) is 0 Å². The molecule has 2 aliphatic heterocycles. The SMILES string of the molecule is CCCC(CCC)N1C(=O)C2(CC2)C(/C=N\CNC2CCN(Sc3cc(C)cc(CBr)c3)CC2)=C1C. The number of carbonyl (C=O) groups excluding carboxylic acids is 1. The van der Waals surface area contributed by atoms with E-state index < -0.39 is 0 Å². The Bertz CT molecular complexity index is 975. The maximum atomic E-state index is 13.4. The zero-order valence-corrected chi connectivity index (χ0v) is 24.9. The molecule has 1 amide bonds. The van der Waals surface area contributed by atoms with Crippen molar-refractivity contribution >= 4 is 40.0 Å². The Morgan fingerprint density at radius 2 is 1.86 bits per heavy atom. The van der Waals surface area contributed by atoms with Crippen LogP contribution < -0.4 is 5.32 Å². The van der Waals surface area contributed by atoms with Gasteiger partial charge in [0.1, 0.15) is 0 Å². The van der Waals surface area contributed by atoms with Crippen LogP contribution in [0.4, 0.5) is 0 Å². The molecule has 2 fully saturated rings. The van der Waals surface area contributed by atoms with Crippen LogP contribution in [0.15, 0.2) is 39.4 Å². The van der Waals surface area contributed by atoms with Gasteiger partial charge in [-0.05, 0) is 87.6 Å². The molecule has 0 aromatic heterocycles. The lowest BCUT2D eigenvalue weighted by Gasteiger charge is -2.31. The minimum absolute atomic E-state index is 0.264. The second-order valence-corrected chi connectivity index (χ2v) is 12.5. The maximum absolute atomic E-state index is 13.4. The Kier molecular flexibility index (Phi) is 9.75. The third-order valence-electron chi connectivity index (χ3n) is 7.90. The zero-order chi connectivity index (χ0) is 25.7. The number of halogens is 1. The van der Waals surface area contributed by atoms with Crippen molar-refractivity contribution in [2.24, 2.45) is 10.4 Å². The molecule has 36 heavy (non-hydrogen) atoms. The van der Waals surface area contributed by atoms with Gasteiger partial charge in [-0.1, -0.05) is 48.7 Å². The molecular formula is C29H43BrN4OS. The predicted octanol–water partition coefficient (Wildman–Crippen LogP) is 6.84. The number of nitrogens with zero attached hydrogens (tertiary/aromatic N) is 3. The number of amides is 1. The lowest BCUT2D eigenvalue weighted by atomic mass is 9.98. The van der Waals surface area contributed by atoms with E-state index in [0.717, 1.165) is 75.5 Å². The van der Waals surface area contributed by atoms with Crippen molar-refractivity contribution < 1.29 is 4.79 Å². The second-order valence-electron chi connectivity index (χ2n) is 10.7. The summed E-state index contributed by atoms with van der Waals surface area (Å²) in [6.45, 7) is 11.5. The molecule has 4 rings (SSSR count). The van der Waals surface area contributed by atoms with Gasteiger partial charge in [-0.3, -0.25) is 15.1 Å². The van der Waals surface area contributed by atoms with E-state index in [4.69, 9.17) is 4.99 Å². The number of rotatable bonds is 12. The molecule has 3 aliphatic rings. The van der Waals surface area contributed by atoms with Gasteiger partial charge in [-0.2, -0.15) is 0 Å². The van der Waals surface area contributed by atoms with Crippen molar-refractivity contribution in [2.75, 3.05) is 19.8 Å². The summed E-state index contributed by atoms with van der Waals surface area (Å²) in [5.74, 6) is 0.336. The molecule has 1 saturated carbocycles. The van der Waals surface area contributed by atoms with Crippen molar-refractivity contribution in [1.82, 2.24) is 14.5 Å². The molecule has 0 bridgehead atoms. The number of hydrogen-bond acceptors (Lipinski definition) is 5. The van der Waals surface area contributed by atoms with Gasteiger partial charge in [0.05, 0.1) is 12.1 Å². The largest absolute Gasteiger partial charge is 0.312 e. The van der Waals surface area contributed by atoms with Crippen LogP contribution in [-0.4, -0.2) is 53.2 Å². The van der Waals surface area contributed by atoms with E-state index in [1.54, 1.807) is 0 Å². The number of carbonyl (C=O) groups is 1. The number of aryl methyl sites for hydroxylation is 1. The van der Waals surface area contributed by atoms with Crippen molar-refractivity contribution in [1.29, 1.82) is 0 Å². The summed E-state index contributed by atoms with van der Waals surface area (Å²) in [4.78, 5) is 21.6. The van der Waals surface area contributed by atoms with E-state index in [-0.39, 0.29) is 5.41 Å². The van der Waals surface area contributed by atoms with E-state index in [0.29, 0.717) is 24.7 Å². The first-order chi connectivity index (χ1) is 17.4. The molecule has 1 aliphatic carbocycles. The molecule has 1 aromatic rings. The van der Waals surface area contributed by atoms with Crippen molar-refractivity contribution in [2.45, 2.75) is 101 Å². The van der Waals surface area contributed by atoms with Gasteiger partial charge in [0.15, 0.2) is 0 Å². The van der Waals surface area contributed by atoms with Gasteiger partial charge >= 0.3 is 0 Å². The maximum Gasteiger partial charge on any atom is 0.237 e. The predicted molar refractivity (Wildman–Crippen MR) is 156 cm³/mol. The number of benzene rings is 1. The van der Waals surface area contributed by atoms with Crippen molar-refractivity contribution in [3.8, 4) is 0 Å². The molecular weight excluding hydrogens is 532 g/mol. The van der Waals surface area contributed by atoms with Gasteiger partial charge < -0.3 is 4.90 Å². The van der Waals surface area contributed by atoms with Gasteiger partial charge in [-0.15, -0.1) is 0 Å². The Morgan fingerprint density at radius 1 is 1.17 bits per heavy atom. The Balaban J connectivity index is 1.28. The first-order valence-corrected chi connectivity index (χ1v) is 15.7. The molecule has 7 heteroatoms. The average Bonchev–Trinajstić information content (AvgIpc) is 3.63. The van der Waals surface area contributed by atoms with Crippen LogP contribution in [0.2, 0.25) is 0 Å². The first-order valence-electron chi connectivity index (χ1n) is 13.8. The zero-order valence-electron chi connectivity index (χ0n) is 22.5. The molecule has 1 saturated heterocycles. The summed E-state index contributed by atoms with van der Waals surface area (Å²) in [5, 5.41) is 4.54. The average molecular weight is 576 g/mol. The van der Waals surface area contributed by atoms with E-state index in [1.165, 1.54) is 21.6 Å². The molecule has 5 nitrogen and oxygen atoms in total. The number of nitrogens with one attached hydrogen (secondary N) is 1. The third-order valence-corrected chi connectivity index (χ3v) is 9.62. The highest BCUT2D eigenvalue weighted by Crippen LogP contribution is 2.58. The van der Waals surface area contributed by atoms with E-state index >= 15 is 0 Å². The summed E-state index contributed by atoms with van der Waals surface area (Å²) in [7, 11) is 0. The standard InChI is InChI=1S/C29H43BrN4OS/c1-5-7-25(8-6-2)34-22(4)27(29(11-12-29)28(34)35)19-31-20-32-24-9-13-33(14-10-24)36-26-16-21(3)15-23(17-26)18-30/h15-17,19,24-25,32H,5-14,18,20H2,1-4H3/b31-19-. The third kappa shape index (κ3) is 6.28. The number of piperidine rings is 1. The normalized spacial score (nSPS) is 20.6. The van der Waals surface area contributed by atoms with E-state index in [2.05, 4.69) is 76.3 Å². The molecule has 0 atom stereocenters. The van der Waals surface area contributed by atoms with Gasteiger partial charge in [0, 0.05) is 52.9 Å². The van der Waals surface area contributed by atoms with Crippen LogP contribution in [0.1, 0.15) is 83.3 Å². The van der Waals surface area contributed by atoms with Gasteiger partial charge in [0.25, 0.3) is 0 Å². The molecule has 1 spiro atoms. The van der Waals surface area contributed by atoms with Crippen LogP contribution in [0, 0.1) is 12.3 Å². The Morgan fingerprint density at radius 3 is 2.47 bits per heavy atom. The molecule has 1 N–H and O–H groups in total. The molecule has 1 aromatic carbocycles. The highest BCUT2D eigenvalue weighted by molar-refractivity contribution is 9.08. The van der Waals surface area contributed by atoms with Gasteiger partial charge in [0.2, 0.25) is 5.91 Å². The Hall–Kier alpha value is -1.15. The van der Waals surface area contributed by atoms with Crippen LogP contribution in [0.5, 0.6) is 0 Å². The van der Waals surface area contributed by atoms with E-state index in [1.807, 2.05) is 18.2 Å². The lowest BCUT2D eigenvalue weighted by Crippen LogP contribution is -2.40. The van der Waals surface area contributed by atoms with E-state index in [9.17, 15) is 4.79 Å². The van der Waals surface area contributed by atoms with Crippen molar-refractivity contribution in [3.63, 3.8) is 0 Å². The quantitative estimate of drug-likeness (QED) is 0.168. The monoisotopic (exact) mass is 574 g/mol. The number of hydrogen-bond donors (Lipinski definition) is 1. The minimum atomic E-state index is -0.264.